The smallest absolute Gasteiger partial charge is 0.261 e. The minimum atomic E-state index is -3.86. The van der Waals surface area contributed by atoms with Crippen LogP contribution in [-0.4, -0.2) is 24.5 Å². The first kappa shape index (κ1) is 23.7. The number of hydrogen-bond donors (Lipinski definition) is 3. The molecular formula is C26H25N5O4S. The number of nitrogens with two attached hydrogens (primary N) is 1. The molecule has 1 fully saturated rings. The van der Waals surface area contributed by atoms with Crippen LogP contribution in [0.5, 0.6) is 0 Å². The lowest BCUT2D eigenvalue weighted by molar-refractivity contribution is -0.120. The Morgan fingerprint density at radius 3 is 2.39 bits per heavy atom. The minimum absolute atomic E-state index is 0.0626. The molecule has 9 nitrogen and oxygen atoms in total. The van der Waals surface area contributed by atoms with E-state index in [4.69, 9.17) is 10.3 Å². The van der Waals surface area contributed by atoms with E-state index in [0.29, 0.717) is 22.8 Å². The van der Waals surface area contributed by atoms with Gasteiger partial charge in [-0.25, -0.2) is 8.42 Å². The number of anilines is 2. The SMILES string of the molecule is CC1(C(=O)Nc2cccc(NS(=O)(=O)c3ccc(-c4noc([C@@H](N)c5ccccc5)n4)cc3)c2)CC1. The van der Waals surface area contributed by atoms with E-state index in [1.54, 1.807) is 36.4 Å². The lowest BCUT2D eigenvalue weighted by Gasteiger charge is -2.12. The van der Waals surface area contributed by atoms with Crippen molar-refractivity contribution in [3.05, 3.63) is 90.3 Å². The number of nitrogens with zero attached hydrogens (tertiary/aromatic N) is 2. The number of sulfonamides is 1. The van der Waals surface area contributed by atoms with Gasteiger partial charge in [-0.1, -0.05) is 48.5 Å². The topological polar surface area (TPSA) is 140 Å². The summed E-state index contributed by atoms with van der Waals surface area (Å²) in [5.41, 5.74) is 8.19. The Bertz CT molecular complexity index is 1500. The molecule has 5 rings (SSSR count). The van der Waals surface area contributed by atoms with Gasteiger partial charge in [0.15, 0.2) is 0 Å². The monoisotopic (exact) mass is 503 g/mol. The molecule has 1 aromatic heterocycles. The third-order valence-corrected chi connectivity index (χ3v) is 7.61. The summed E-state index contributed by atoms with van der Waals surface area (Å²) in [4.78, 5) is 16.7. The number of nitrogens with one attached hydrogen (secondary N) is 2. The number of aromatic nitrogens is 2. The highest BCUT2D eigenvalue weighted by molar-refractivity contribution is 7.92. The Labute approximate surface area is 208 Å². The highest BCUT2D eigenvalue weighted by atomic mass is 32.2. The maximum Gasteiger partial charge on any atom is 0.261 e. The van der Waals surface area contributed by atoms with Gasteiger partial charge in [0, 0.05) is 16.7 Å². The van der Waals surface area contributed by atoms with Crippen molar-refractivity contribution >= 4 is 27.3 Å². The van der Waals surface area contributed by atoms with Gasteiger partial charge in [0.1, 0.15) is 6.04 Å². The summed E-state index contributed by atoms with van der Waals surface area (Å²) in [5.74, 6) is 0.505. The second-order valence-electron chi connectivity index (χ2n) is 9.07. The van der Waals surface area contributed by atoms with Crippen molar-refractivity contribution in [2.24, 2.45) is 11.1 Å². The number of carbonyl (C=O) groups is 1. The summed E-state index contributed by atoms with van der Waals surface area (Å²) >= 11 is 0. The Kier molecular flexibility index (Phi) is 6.07. The Morgan fingerprint density at radius 1 is 1.00 bits per heavy atom. The van der Waals surface area contributed by atoms with Crippen LogP contribution in [0.25, 0.3) is 11.4 Å². The molecule has 36 heavy (non-hydrogen) atoms. The van der Waals surface area contributed by atoms with Gasteiger partial charge in [0.25, 0.3) is 10.0 Å². The van der Waals surface area contributed by atoms with E-state index in [-0.39, 0.29) is 22.1 Å². The van der Waals surface area contributed by atoms with E-state index in [1.807, 2.05) is 37.3 Å². The van der Waals surface area contributed by atoms with Gasteiger partial charge in [-0.15, -0.1) is 0 Å². The zero-order chi connectivity index (χ0) is 25.3. The van der Waals surface area contributed by atoms with Gasteiger partial charge in [-0.2, -0.15) is 4.98 Å². The second-order valence-corrected chi connectivity index (χ2v) is 10.8. The van der Waals surface area contributed by atoms with Crippen molar-refractivity contribution in [3.63, 3.8) is 0 Å². The van der Waals surface area contributed by atoms with Gasteiger partial charge >= 0.3 is 0 Å². The van der Waals surface area contributed by atoms with Crippen molar-refractivity contribution in [2.45, 2.75) is 30.7 Å². The fraction of sp³-hybridized carbons (Fsp3) is 0.192. The van der Waals surface area contributed by atoms with Crippen LogP contribution >= 0.6 is 0 Å². The van der Waals surface area contributed by atoms with Crippen LogP contribution in [0.1, 0.15) is 37.3 Å². The molecule has 0 aliphatic heterocycles. The lowest BCUT2D eigenvalue weighted by Crippen LogP contribution is -2.21. The standard InChI is InChI=1S/C26H25N5O4S/c1-26(14-15-26)25(32)28-19-8-5-9-20(16-19)31-36(33,34)21-12-10-18(11-13-21)23-29-24(35-30-23)22(27)17-6-3-2-4-7-17/h2-13,16,22,31H,14-15,27H2,1H3,(H,28,32)/t22-/m0/s1. The molecule has 0 saturated heterocycles. The maximum atomic E-state index is 12.9. The van der Waals surface area contributed by atoms with Gasteiger partial charge in [-0.05, 0) is 60.9 Å². The zero-order valence-electron chi connectivity index (χ0n) is 19.5. The third-order valence-electron chi connectivity index (χ3n) is 6.21. The molecule has 0 radical (unpaired) electrons. The van der Waals surface area contributed by atoms with E-state index in [1.165, 1.54) is 12.1 Å². The zero-order valence-corrected chi connectivity index (χ0v) is 20.3. The minimum Gasteiger partial charge on any atom is -0.337 e. The number of rotatable bonds is 8. The predicted molar refractivity (Wildman–Crippen MR) is 135 cm³/mol. The first-order chi connectivity index (χ1) is 17.2. The molecule has 1 atom stereocenters. The fourth-order valence-corrected chi connectivity index (χ4v) is 4.69. The average molecular weight is 504 g/mol. The molecule has 184 valence electrons. The van der Waals surface area contributed by atoms with Gasteiger partial charge in [0.2, 0.25) is 17.6 Å². The lowest BCUT2D eigenvalue weighted by atomic mass is 10.1. The third kappa shape index (κ3) is 5.00. The van der Waals surface area contributed by atoms with Crippen molar-refractivity contribution in [1.29, 1.82) is 0 Å². The summed E-state index contributed by atoms with van der Waals surface area (Å²) < 4.78 is 33.8. The summed E-state index contributed by atoms with van der Waals surface area (Å²) in [6.07, 6.45) is 1.71. The number of carbonyl (C=O) groups excluding carboxylic acids is 1. The molecule has 0 spiro atoms. The summed E-state index contributed by atoms with van der Waals surface area (Å²) in [6, 6.07) is 21.6. The van der Waals surface area contributed by atoms with Crippen LogP contribution < -0.4 is 15.8 Å². The Balaban J connectivity index is 1.28. The average Bonchev–Trinajstić information content (AvgIpc) is 3.45. The molecule has 1 aliphatic carbocycles. The van der Waals surface area contributed by atoms with E-state index in [2.05, 4.69) is 20.2 Å². The fourth-order valence-electron chi connectivity index (χ4n) is 3.64. The van der Waals surface area contributed by atoms with Crippen LogP contribution in [-0.2, 0) is 14.8 Å². The molecule has 10 heteroatoms. The molecule has 1 saturated carbocycles. The van der Waals surface area contributed by atoms with Gasteiger partial charge in [-0.3, -0.25) is 9.52 Å². The quantitative estimate of drug-likeness (QED) is 0.325. The van der Waals surface area contributed by atoms with Gasteiger partial charge < -0.3 is 15.6 Å². The highest BCUT2D eigenvalue weighted by Gasteiger charge is 2.44. The highest BCUT2D eigenvalue weighted by Crippen LogP contribution is 2.45. The molecule has 1 heterocycles. The van der Waals surface area contributed by atoms with Crippen LogP contribution in [0, 0.1) is 5.41 Å². The van der Waals surface area contributed by atoms with Crippen molar-refractivity contribution in [3.8, 4) is 11.4 Å². The largest absolute Gasteiger partial charge is 0.337 e. The second kappa shape index (κ2) is 9.21. The van der Waals surface area contributed by atoms with Crippen molar-refractivity contribution < 1.29 is 17.7 Å². The molecular weight excluding hydrogens is 478 g/mol. The predicted octanol–water partition coefficient (Wildman–Crippen LogP) is 4.32. The first-order valence-corrected chi connectivity index (χ1v) is 12.9. The van der Waals surface area contributed by atoms with Crippen LogP contribution in [0.4, 0.5) is 11.4 Å². The molecule has 1 aliphatic rings. The van der Waals surface area contributed by atoms with Crippen LogP contribution in [0.2, 0.25) is 0 Å². The number of amides is 1. The van der Waals surface area contributed by atoms with E-state index in [9.17, 15) is 13.2 Å². The first-order valence-electron chi connectivity index (χ1n) is 11.4. The molecule has 0 bridgehead atoms. The number of hydrogen-bond acceptors (Lipinski definition) is 7. The molecule has 4 aromatic rings. The normalized spacial score (nSPS) is 15.2. The van der Waals surface area contributed by atoms with E-state index >= 15 is 0 Å². The van der Waals surface area contributed by atoms with Crippen molar-refractivity contribution in [2.75, 3.05) is 10.0 Å². The van der Waals surface area contributed by atoms with Crippen molar-refractivity contribution in [1.82, 2.24) is 10.1 Å². The number of benzene rings is 3. The van der Waals surface area contributed by atoms with Crippen LogP contribution in [0.15, 0.2) is 88.3 Å². The Hall–Kier alpha value is -4.02. The Morgan fingerprint density at radius 2 is 1.69 bits per heavy atom. The molecule has 1 amide bonds. The summed E-state index contributed by atoms with van der Waals surface area (Å²) in [7, 11) is -3.86. The van der Waals surface area contributed by atoms with Crippen LogP contribution in [0.3, 0.4) is 0 Å². The molecule has 4 N–H and O–H groups in total. The maximum absolute atomic E-state index is 12.9. The summed E-state index contributed by atoms with van der Waals surface area (Å²) in [5, 5.41) is 6.83. The van der Waals surface area contributed by atoms with Gasteiger partial charge in [0.05, 0.1) is 10.6 Å². The molecule has 0 unspecified atom stereocenters. The molecule has 3 aromatic carbocycles. The summed E-state index contributed by atoms with van der Waals surface area (Å²) in [6.45, 7) is 1.91. The van der Waals surface area contributed by atoms with E-state index < -0.39 is 16.1 Å². The van der Waals surface area contributed by atoms with E-state index in [0.717, 1.165) is 18.4 Å².